The molecule has 2 aromatic rings. The predicted molar refractivity (Wildman–Crippen MR) is 107 cm³/mol. The number of carbonyl (C=O) groups excluding carboxylic acids is 1. The summed E-state index contributed by atoms with van der Waals surface area (Å²) in [6.07, 6.45) is 1.06. The number of benzene rings is 2. The van der Waals surface area contributed by atoms with Crippen LogP contribution in [0.1, 0.15) is 12.0 Å². The van der Waals surface area contributed by atoms with Gasteiger partial charge in [0.05, 0.1) is 5.69 Å². The van der Waals surface area contributed by atoms with Crippen molar-refractivity contribution in [2.24, 2.45) is 0 Å². The first-order valence-electron chi connectivity index (χ1n) is 9.98. The van der Waals surface area contributed by atoms with Crippen molar-refractivity contribution in [1.29, 1.82) is 0 Å². The number of hydrogen-bond acceptors (Lipinski definition) is 6. The van der Waals surface area contributed by atoms with E-state index in [4.69, 9.17) is 18.9 Å². The second-order valence-electron chi connectivity index (χ2n) is 7.78. The molecule has 29 heavy (non-hydrogen) atoms. The maximum Gasteiger partial charge on any atom is 0.262 e. The number of fused-ring (bicyclic) bond motifs is 2. The van der Waals surface area contributed by atoms with Crippen molar-refractivity contribution < 1.29 is 23.7 Å². The summed E-state index contributed by atoms with van der Waals surface area (Å²) in [6.45, 7) is 5.26. The summed E-state index contributed by atoms with van der Waals surface area (Å²) in [6, 6.07) is 11.6. The zero-order chi connectivity index (χ0) is 19.8. The van der Waals surface area contributed by atoms with E-state index in [1.165, 1.54) is 0 Å². The van der Waals surface area contributed by atoms with Gasteiger partial charge in [-0.25, -0.2) is 0 Å². The Hall–Kier alpha value is -2.93. The Bertz CT molecular complexity index is 931. The fraction of sp³-hybridized carbons (Fsp3) is 0.409. The lowest BCUT2D eigenvalue weighted by molar-refractivity contribution is -0.118. The lowest BCUT2D eigenvalue weighted by atomic mass is 10.2. The quantitative estimate of drug-likeness (QED) is 0.857. The van der Waals surface area contributed by atoms with Crippen molar-refractivity contribution in [1.82, 2.24) is 4.90 Å². The number of anilines is 1. The topological polar surface area (TPSA) is 69.3 Å². The van der Waals surface area contributed by atoms with E-state index in [1.807, 2.05) is 43.3 Å². The zero-order valence-corrected chi connectivity index (χ0v) is 16.3. The Morgan fingerprint density at radius 3 is 2.97 bits per heavy atom. The minimum absolute atomic E-state index is 0.0131. The number of aryl methyl sites for hydroxylation is 1. The molecule has 0 aliphatic carbocycles. The number of carbonyl (C=O) groups is 1. The molecule has 2 aromatic carbocycles. The summed E-state index contributed by atoms with van der Waals surface area (Å²) in [5.74, 6) is 2.91. The minimum atomic E-state index is -0.145. The molecule has 3 aliphatic rings. The molecule has 7 nitrogen and oxygen atoms in total. The average molecular weight is 396 g/mol. The lowest BCUT2D eigenvalue weighted by Crippen LogP contribution is -2.40. The van der Waals surface area contributed by atoms with Crippen LogP contribution in [-0.4, -0.2) is 55.9 Å². The number of ether oxygens (including phenoxy) is 4. The first-order valence-corrected chi connectivity index (χ1v) is 9.98. The number of nitrogens with zero attached hydrogens (tertiary/aromatic N) is 1. The van der Waals surface area contributed by atoms with E-state index in [2.05, 4.69) is 10.2 Å². The predicted octanol–water partition coefficient (Wildman–Crippen LogP) is 2.62. The fourth-order valence-corrected chi connectivity index (χ4v) is 3.99. The first kappa shape index (κ1) is 18.1. The van der Waals surface area contributed by atoms with Gasteiger partial charge in [-0.1, -0.05) is 6.07 Å². The summed E-state index contributed by atoms with van der Waals surface area (Å²) >= 11 is 0. The number of hydrogen-bond donors (Lipinski definition) is 1. The highest BCUT2D eigenvalue weighted by atomic mass is 16.6. The third-order valence-corrected chi connectivity index (χ3v) is 5.40. The Labute approximate surface area is 169 Å². The standard InChI is InChI=1S/C22H24N2O5/c1-14-2-4-20-21(8-14)29-17(12-26-20)11-24-7-6-16(10-24)28-15-3-5-19-18(9-15)23-22(25)13-27-19/h2-5,8-9,16-17H,6-7,10-13H2,1H3,(H,23,25)/t16-,17-/m0/s1. The highest BCUT2D eigenvalue weighted by molar-refractivity contribution is 5.95. The van der Waals surface area contributed by atoms with Crippen LogP contribution >= 0.6 is 0 Å². The Morgan fingerprint density at radius 2 is 2.03 bits per heavy atom. The molecular weight excluding hydrogens is 372 g/mol. The molecule has 0 radical (unpaired) electrons. The van der Waals surface area contributed by atoms with Crippen molar-refractivity contribution in [3.8, 4) is 23.0 Å². The highest BCUT2D eigenvalue weighted by Gasteiger charge is 2.29. The lowest BCUT2D eigenvalue weighted by Gasteiger charge is -2.29. The molecule has 152 valence electrons. The van der Waals surface area contributed by atoms with E-state index in [-0.39, 0.29) is 24.7 Å². The molecule has 1 N–H and O–H groups in total. The van der Waals surface area contributed by atoms with Crippen molar-refractivity contribution in [3.63, 3.8) is 0 Å². The van der Waals surface area contributed by atoms with Crippen molar-refractivity contribution in [2.45, 2.75) is 25.6 Å². The van der Waals surface area contributed by atoms with Gasteiger partial charge in [0.1, 0.15) is 30.3 Å². The van der Waals surface area contributed by atoms with Gasteiger partial charge < -0.3 is 24.3 Å². The zero-order valence-electron chi connectivity index (χ0n) is 16.3. The molecule has 1 saturated heterocycles. The van der Waals surface area contributed by atoms with Crippen molar-refractivity contribution >= 4 is 11.6 Å². The Balaban J connectivity index is 1.16. The van der Waals surface area contributed by atoms with Gasteiger partial charge in [0.15, 0.2) is 18.1 Å². The number of amides is 1. The molecule has 0 aromatic heterocycles. The highest BCUT2D eigenvalue weighted by Crippen LogP contribution is 2.34. The van der Waals surface area contributed by atoms with Crippen LogP contribution in [0.3, 0.4) is 0 Å². The third-order valence-electron chi connectivity index (χ3n) is 5.40. The molecule has 0 spiro atoms. The van der Waals surface area contributed by atoms with E-state index in [1.54, 1.807) is 0 Å². The van der Waals surface area contributed by atoms with E-state index in [0.717, 1.165) is 48.9 Å². The number of rotatable bonds is 4. The van der Waals surface area contributed by atoms with Crippen LogP contribution in [-0.2, 0) is 4.79 Å². The minimum Gasteiger partial charge on any atom is -0.489 e. The maximum atomic E-state index is 11.5. The summed E-state index contributed by atoms with van der Waals surface area (Å²) in [4.78, 5) is 13.9. The van der Waals surface area contributed by atoms with Crippen LogP contribution in [0.25, 0.3) is 0 Å². The molecule has 1 amide bonds. The van der Waals surface area contributed by atoms with Crippen LogP contribution in [0.4, 0.5) is 5.69 Å². The van der Waals surface area contributed by atoms with Crippen LogP contribution in [0.15, 0.2) is 36.4 Å². The second-order valence-corrected chi connectivity index (χ2v) is 7.78. The Morgan fingerprint density at radius 1 is 1.14 bits per heavy atom. The van der Waals surface area contributed by atoms with Crippen LogP contribution in [0, 0.1) is 6.92 Å². The normalized spacial score (nSPS) is 23.1. The molecule has 2 atom stereocenters. The smallest absolute Gasteiger partial charge is 0.262 e. The maximum absolute atomic E-state index is 11.5. The van der Waals surface area contributed by atoms with Gasteiger partial charge in [0.2, 0.25) is 0 Å². The molecule has 0 unspecified atom stereocenters. The SMILES string of the molecule is Cc1ccc2c(c1)O[C@@H](CN1CC[C@H](Oc3ccc4c(c3)NC(=O)CO4)C1)CO2. The van der Waals surface area contributed by atoms with Gasteiger partial charge in [0, 0.05) is 25.7 Å². The van der Waals surface area contributed by atoms with Gasteiger partial charge in [-0.05, 0) is 43.2 Å². The van der Waals surface area contributed by atoms with Crippen LogP contribution in [0.5, 0.6) is 23.0 Å². The van der Waals surface area contributed by atoms with Crippen LogP contribution < -0.4 is 24.3 Å². The van der Waals surface area contributed by atoms with E-state index in [9.17, 15) is 4.79 Å². The van der Waals surface area contributed by atoms with Crippen LogP contribution in [0.2, 0.25) is 0 Å². The molecular formula is C22H24N2O5. The summed E-state index contributed by atoms with van der Waals surface area (Å²) in [5.41, 5.74) is 1.82. The molecule has 0 saturated carbocycles. The van der Waals surface area contributed by atoms with E-state index >= 15 is 0 Å². The fourth-order valence-electron chi connectivity index (χ4n) is 3.99. The summed E-state index contributed by atoms with van der Waals surface area (Å²) in [7, 11) is 0. The second kappa shape index (κ2) is 7.48. The number of likely N-dealkylation sites (tertiary alicyclic amines) is 1. The third kappa shape index (κ3) is 3.96. The van der Waals surface area contributed by atoms with Gasteiger partial charge >= 0.3 is 0 Å². The molecule has 1 fully saturated rings. The van der Waals surface area contributed by atoms with Crippen molar-refractivity contribution in [3.05, 3.63) is 42.0 Å². The van der Waals surface area contributed by atoms with Crippen molar-refractivity contribution in [2.75, 3.05) is 38.2 Å². The molecule has 5 rings (SSSR count). The van der Waals surface area contributed by atoms with Gasteiger partial charge in [-0.3, -0.25) is 9.69 Å². The van der Waals surface area contributed by atoms with Gasteiger partial charge in [-0.15, -0.1) is 0 Å². The molecule has 3 heterocycles. The molecule has 7 heteroatoms. The molecule has 0 bridgehead atoms. The Kier molecular flexibility index (Phi) is 4.67. The molecule has 3 aliphatic heterocycles. The summed E-state index contributed by atoms with van der Waals surface area (Å²) in [5, 5.41) is 2.82. The van der Waals surface area contributed by atoms with Gasteiger partial charge in [-0.2, -0.15) is 0 Å². The monoisotopic (exact) mass is 396 g/mol. The van der Waals surface area contributed by atoms with E-state index in [0.29, 0.717) is 18.0 Å². The summed E-state index contributed by atoms with van der Waals surface area (Å²) < 4.78 is 23.5. The van der Waals surface area contributed by atoms with E-state index < -0.39 is 0 Å². The average Bonchev–Trinajstić information content (AvgIpc) is 3.14. The largest absolute Gasteiger partial charge is 0.489 e. The first-order chi connectivity index (χ1) is 14.1. The van der Waals surface area contributed by atoms with Gasteiger partial charge in [0.25, 0.3) is 5.91 Å². The number of nitrogens with one attached hydrogen (secondary N) is 1.